The average Bonchev–Trinajstić information content (AvgIpc) is 3.23. The number of thiazole rings is 1. The lowest BCUT2D eigenvalue weighted by Gasteiger charge is -2.37. The minimum atomic E-state index is -0.0636. The second-order valence-electron chi connectivity index (χ2n) is 8.02. The van der Waals surface area contributed by atoms with E-state index in [1.165, 1.54) is 24.1 Å². The van der Waals surface area contributed by atoms with Gasteiger partial charge >= 0.3 is 0 Å². The highest BCUT2D eigenvalue weighted by atomic mass is 32.1. The monoisotopic (exact) mass is 376 g/mol. The lowest BCUT2D eigenvalue weighted by molar-refractivity contribution is -0.139. The number of carbonyl (C=O) groups is 2. The number of anilines is 1. The summed E-state index contributed by atoms with van der Waals surface area (Å²) in [7, 11) is 0. The van der Waals surface area contributed by atoms with Crippen LogP contribution < -0.4 is 5.32 Å². The number of aromatic nitrogens is 1. The van der Waals surface area contributed by atoms with Crippen molar-refractivity contribution in [2.45, 2.75) is 57.9 Å². The van der Waals surface area contributed by atoms with Gasteiger partial charge in [0.05, 0.1) is 18.8 Å². The highest BCUT2D eigenvalue weighted by molar-refractivity contribution is 7.15. The number of amides is 2. The quantitative estimate of drug-likeness (QED) is 0.876. The van der Waals surface area contributed by atoms with E-state index in [-0.39, 0.29) is 18.4 Å². The van der Waals surface area contributed by atoms with Gasteiger partial charge in [-0.15, -0.1) is 11.3 Å². The van der Waals surface area contributed by atoms with Gasteiger partial charge in [-0.25, -0.2) is 4.98 Å². The first-order valence-corrected chi connectivity index (χ1v) is 10.7. The van der Waals surface area contributed by atoms with Crippen LogP contribution in [0.15, 0.2) is 0 Å². The largest absolute Gasteiger partial charge is 0.337 e. The first-order chi connectivity index (χ1) is 12.6. The van der Waals surface area contributed by atoms with Gasteiger partial charge < -0.3 is 10.2 Å². The van der Waals surface area contributed by atoms with Gasteiger partial charge in [-0.3, -0.25) is 14.5 Å². The van der Waals surface area contributed by atoms with Crippen LogP contribution in [0.2, 0.25) is 0 Å². The molecule has 0 bridgehead atoms. The molecule has 1 aromatic heterocycles. The number of nitrogens with zero attached hydrogens (tertiary/aromatic N) is 3. The summed E-state index contributed by atoms with van der Waals surface area (Å²) in [6.45, 7) is 4.42. The predicted molar refractivity (Wildman–Crippen MR) is 102 cm³/mol. The predicted octanol–water partition coefficient (Wildman–Crippen LogP) is 2.29. The molecule has 2 fully saturated rings. The van der Waals surface area contributed by atoms with Gasteiger partial charge in [-0.1, -0.05) is 19.8 Å². The van der Waals surface area contributed by atoms with Gasteiger partial charge in [-0.2, -0.15) is 0 Å². The van der Waals surface area contributed by atoms with E-state index in [1.54, 1.807) is 11.3 Å². The zero-order valence-electron chi connectivity index (χ0n) is 15.5. The van der Waals surface area contributed by atoms with Crippen molar-refractivity contribution in [1.82, 2.24) is 14.8 Å². The number of fused-ring (bicyclic) bond motifs is 1. The Labute approximate surface area is 159 Å². The van der Waals surface area contributed by atoms with Crippen molar-refractivity contribution in [1.29, 1.82) is 0 Å². The lowest BCUT2D eigenvalue weighted by Crippen LogP contribution is -2.54. The van der Waals surface area contributed by atoms with Crippen LogP contribution in [0.3, 0.4) is 0 Å². The molecule has 2 aliphatic carbocycles. The molecule has 0 spiro atoms. The highest BCUT2D eigenvalue weighted by Gasteiger charge is 2.31. The van der Waals surface area contributed by atoms with E-state index in [9.17, 15) is 9.59 Å². The standard InChI is InChI=1S/C19H28N4O2S/c1-13-6-7-15-16(10-13)26-19(20-15)21-17(24)11-22-8-9-23(18(25)12-22)14-4-2-3-5-14/h13-14H,2-12H2,1H3,(H,20,21,24). The summed E-state index contributed by atoms with van der Waals surface area (Å²) in [5.74, 6) is 0.814. The maximum absolute atomic E-state index is 12.4. The molecule has 4 rings (SSSR count). The molecule has 1 saturated carbocycles. The SMILES string of the molecule is CC1CCc2nc(NC(=O)CN3CCN(C4CCCC4)C(=O)C3)sc2C1. The molecule has 3 aliphatic rings. The fraction of sp³-hybridized carbons (Fsp3) is 0.737. The van der Waals surface area contributed by atoms with Gasteiger partial charge in [0.25, 0.3) is 0 Å². The number of rotatable bonds is 4. The number of hydrogen-bond donors (Lipinski definition) is 1. The molecule has 0 radical (unpaired) electrons. The summed E-state index contributed by atoms with van der Waals surface area (Å²) in [6, 6.07) is 0.433. The Morgan fingerprint density at radius 2 is 2.08 bits per heavy atom. The van der Waals surface area contributed by atoms with Crippen LogP contribution >= 0.6 is 11.3 Å². The molecule has 2 heterocycles. The Hall–Kier alpha value is -1.47. The van der Waals surface area contributed by atoms with Crippen molar-refractivity contribution in [3.8, 4) is 0 Å². The van der Waals surface area contributed by atoms with E-state index in [0.29, 0.717) is 23.6 Å². The lowest BCUT2D eigenvalue weighted by atomic mass is 9.93. The van der Waals surface area contributed by atoms with E-state index >= 15 is 0 Å². The van der Waals surface area contributed by atoms with E-state index < -0.39 is 0 Å². The van der Waals surface area contributed by atoms with Crippen LogP contribution in [0, 0.1) is 5.92 Å². The molecular weight excluding hydrogens is 348 g/mol. The minimum Gasteiger partial charge on any atom is -0.337 e. The summed E-state index contributed by atoms with van der Waals surface area (Å²) >= 11 is 1.61. The summed E-state index contributed by atoms with van der Waals surface area (Å²) < 4.78 is 0. The van der Waals surface area contributed by atoms with Crippen LogP contribution in [-0.4, -0.2) is 58.8 Å². The van der Waals surface area contributed by atoms with Crippen molar-refractivity contribution >= 4 is 28.3 Å². The summed E-state index contributed by atoms with van der Waals surface area (Å²) in [5.41, 5.74) is 1.16. The average molecular weight is 377 g/mol. The maximum Gasteiger partial charge on any atom is 0.240 e. The van der Waals surface area contributed by atoms with Crippen molar-refractivity contribution in [2.24, 2.45) is 5.92 Å². The van der Waals surface area contributed by atoms with Crippen molar-refractivity contribution in [3.05, 3.63) is 10.6 Å². The maximum atomic E-state index is 12.4. The molecule has 1 saturated heterocycles. The van der Waals surface area contributed by atoms with Crippen LogP contribution in [-0.2, 0) is 22.4 Å². The Kier molecular flexibility index (Phi) is 5.27. The zero-order valence-corrected chi connectivity index (χ0v) is 16.3. The van der Waals surface area contributed by atoms with Crippen LogP contribution in [0.1, 0.15) is 49.6 Å². The molecule has 2 amide bonds. The first kappa shape index (κ1) is 17.9. The third-order valence-electron chi connectivity index (χ3n) is 5.90. The number of nitrogens with one attached hydrogen (secondary N) is 1. The molecule has 7 heteroatoms. The number of hydrogen-bond acceptors (Lipinski definition) is 5. The summed E-state index contributed by atoms with van der Waals surface area (Å²) in [6.07, 6.45) is 8.01. The molecule has 6 nitrogen and oxygen atoms in total. The normalized spacial score (nSPS) is 24.7. The third-order valence-corrected chi connectivity index (χ3v) is 6.94. The van der Waals surface area contributed by atoms with Crippen molar-refractivity contribution < 1.29 is 9.59 Å². The van der Waals surface area contributed by atoms with Crippen molar-refractivity contribution in [3.63, 3.8) is 0 Å². The smallest absolute Gasteiger partial charge is 0.240 e. The molecule has 142 valence electrons. The number of carbonyl (C=O) groups excluding carboxylic acids is 2. The first-order valence-electron chi connectivity index (χ1n) is 9.88. The Morgan fingerprint density at radius 1 is 1.27 bits per heavy atom. The van der Waals surface area contributed by atoms with Gasteiger partial charge in [0, 0.05) is 24.0 Å². The Bertz CT molecular complexity index is 683. The van der Waals surface area contributed by atoms with Gasteiger partial charge in [0.2, 0.25) is 11.8 Å². The van der Waals surface area contributed by atoms with Crippen LogP contribution in [0.4, 0.5) is 5.13 Å². The molecule has 0 aromatic carbocycles. The molecule has 26 heavy (non-hydrogen) atoms. The fourth-order valence-corrected chi connectivity index (χ4v) is 5.61. The molecule has 1 aromatic rings. The number of piperazine rings is 1. The topological polar surface area (TPSA) is 65.5 Å². The number of aryl methyl sites for hydroxylation is 1. The zero-order chi connectivity index (χ0) is 18.1. The van der Waals surface area contributed by atoms with E-state index in [2.05, 4.69) is 17.2 Å². The Balaban J connectivity index is 1.28. The molecule has 1 aliphatic heterocycles. The van der Waals surface area contributed by atoms with Crippen molar-refractivity contribution in [2.75, 3.05) is 31.5 Å². The summed E-state index contributed by atoms with van der Waals surface area (Å²) in [5, 5.41) is 3.66. The molecular formula is C19H28N4O2S. The van der Waals surface area contributed by atoms with Gasteiger partial charge in [-0.05, 0) is 38.0 Å². The highest BCUT2D eigenvalue weighted by Crippen LogP contribution is 2.32. The second kappa shape index (κ2) is 7.64. The molecule has 1 unspecified atom stereocenters. The van der Waals surface area contributed by atoms with Gasteiger partial charge in [0.15, 0.2) is 5.13 Å². The van der Waals surface area contributed by atoms with Crippen LogP contribution in [0.25, 0.3) is 0 Å². The Morgan fingerprint density at radius 3 is 2.85 bits per heavy atom. The van der Waals surface area contributed by atoms with Crippen LogP contribution in [0.5, 0.6) is 0 Å². The fourth-order valence-electron chi connectivity index (χ4n) is 4.43. The van der Waals surface area contributed by atoms with E-state index in [4.69, 9.17) is 0 Å². The van der Waals surface area contributed by atoms with E-state index in [1.807, 2.05) is 9.80 Å². The minimum absolute atomic E-state index is 0.0636. The molecule has 1 atom stereocenters. The summed E-state index contributed by atoms with van der Waals surface area (Å²) in [4.78, 5) is 34.7. The molecule has 1 N–H and O–H groups in total. The third kappa shape index (κ3) is 3.93. The van der Waals surface area contributed by atoms with E-state index in [0.717, 1.165) is 44.5 Å². The second-order valence-corrected chi connectivity index (χ2v) is 9.10. The van der Waals surface area contributed by atoms with Gasteiger partial charge in [0.1, 0.15) is 0 Å².